The van der Waals surface area contributed by atoms with Crippen LogP contribution < -0.4 is 5.69 Å². The summed E-state index contributed by atoms with van der Waals surface area (Å²) in [5.41, 5.74) is -0.206. The van der Waals surface area contributed by atoms with Gasteiger partial charge < -0.3 is 4.90 Å². The molecule has 1 aliphatic rings. The van der Waals surface area contributed by atoms with Gasteiger partial charge in [-0.3, -0.25) is 0 Å². The second kappa shape index (κ2) is 6.54. The third-order valence-electron chi connectivity index (χ3n) is 3.78. The van der Waals surface area contributed by atoms with Gasteiger partial charge in [0.05, 0.1) is 10.7 Å². The lowest BCUT2D eigenvalue weighted by Crippen LogP contribution is -2.42. The summed E-state index contributed by atoms with van der Waals surface area (Å²) in [5.74, 6) is 0.541. The standard InChI is InChI=1S/C15H18ClN5O2/c1-2-9-19(10-11-7-8-11)14(22)21-15(23)20(17-18-21)13-6-4-3-5-12(13)16/h3-6,11H,2,7-10H2,1H3. The van der Waals surface area contributed by atoms with Gasteiger partial charge in [0.2, 0.25) is 0 Å². The third kappa shape index (κ3) is 3.29. The lowest BCUT2D eigenvalue weighted by atomic mass is 10.3. The third-order valence-corrected chi connectivity index (χ3v) is 4.10. The highest BCUT2D eigenvalue weighted by molar-refractivity contribution is 6.32. The monoisotopic (exact) mass is 335 g/mol. The van der Waals surface area contributed by atoms with E-state index in [1.807, 2.05) is 6.92 Å². The molecule has 3 rings (SSSR count). The summed E-state index contributed by atoms with van der Waals surface area (Å²) in [7, 11) is 0. The smallest absolute Gasteiger partial charge is 0.322 e. The highest BCUT2D eigenvalue weighted by Crippen LogP contribution is 2.29. The minimum absolute atomic E-state index is 0.373. The van der Waals surface area contributed by atoms with Crippen LogP contribution in [0, 0.1) is 5.92 Å². The summed E-state index contributed by atoms with van der Waals surface area (Å²) in [6, 6.07) is 6.37. The predicted molar refractivity (Wildman–Crippen MR) is 86.0 cm³/mol. The van der Waals surface area contributed by atoms with E-state index in [9.17, 15) is 9.59 Å². The molecule has 0 radical (unpaired) electrons. The SMILES string of the molecule is CCCN(CC1CC1)C(=O)n1nnn(-c2ccccc2Cl)c1=O. The maximum absolute atomic E-state index is 12.6. The maximum Gasteiger partial charge on any atom is 0.377 e. The minimum Gasteiger partial charge on any atom is -0.322 e. The molecule has 8 heteroatoms. The number of benzene rings is 1. The Morgan fingerprint density at radius 2 is 2.09 bits per heavy atom. The van der Waals surface area contributed by atoms with Gasteiger partial charge in [0.1, 0.15) is 0 Å². The van der Waals surface area contributed by atoms with Crippen molar-refractivity contribution in [3.63, 3.8) is 0 Å². The molecule has 1 saturated carbocycles. The number of hydrogen-bond acceptors (Lipinski definition) is 4. The van der Waals surface area contributed by atoms with Crippen molar-refractivity contribution in [1.29, 1.82) is 0 Å². The molecule has 1 aliphatic carbocycles. The number of carbonyl (C=O) groups is 1. The van der Waals surface area contributed by atoms with Gasteiger partial charge in [-0.15, -0.1) is 4.68 Å². The van der Waals surface area contributed by atoms with Gasteiger partial charge in [0.25, 0.3) is 0 Å². The summed E-state index contributed by atoms with van der Waals surface area (Å²) < 4.78 is 1.85. The number of amides is 1. The summed E-state index contributed by atoms with van der Waals surface area (Å²) >= 11 is 6.08. The summed E-state index contributed by atoms with van der Waals surface area (Å²) in [5, 5.41) is 7.89. The first-order valence-electron chi connectivity index (χ1n) is 7.71. The molecule has 0 N–H and O–H groups in total. The zero-order chi connectivity index (χ0) is 16.4. The van der Waals surface area contributed by atoms with Crippen LogP contribution in [0.5, 0.6) is 0 Å². The number of aromatic nitrogens is 4. The van der Waals surface area contributed by atoms with Crippen LogP contribution in [-0.4, -0.2) is 43.8 Å². The van der Waals surface area contributed by atoms with Crippen molar-refractivity contribution in [2.45, 2.75) is 26.2 Å². The highest BCUT2D eigenvalue weighted by atomic mass is 35.5. The second-order valence-electron chi connectivity index (χ2n) is 5.71. The van der Waals surface area contributed by atoms with E-state index in [0.717, 1.165) is 28.6 Å². The number of hydrogen-bond donors (Lipinski definition) is 0. The van der Waals surface area contributed by atoms with Crippen molar-refractivity contribution < 1.29 is 4.79 Å². The van der Waals surface area contributed by atoms with Gasteiger partial charge in [-0.05, 0) is 47.7 Å². The molecule has 122 valence electrons. The Morgan fingerprint density at radius 3 is 2.74 bits per heavy atom. The van der Waals surface area contributed by atoms with Crippen LogP contribution in [0.4, 0.5) is 4.79 Å². The Balaban J connectivity index is 1.90. The first-order chi connectivity index (χ1) is 11.1. The van der Waals surface area contributed by atoms with E-state index in [2.05, 4.69) is 10.4 Å². The van der Waals surface area contributed by atoms with Crippen LogP contribution in [0.15, 0.2) is 29.1 Å². The van der Waals surface area contributed by atoms with Crippen LogP contribution in [-0.2, 0) is 0 Å². The molecule has 23 heavy (non-hydrogen) atoms. The van der Waals surface area contributed by atoms with Crippen LogP contribution in [0.1, 0.15) is 26.2 Å². The minimum atomic E-state index is -0.611. The number of halogens is 1. The first-order valence-corrected chi connectivity index (χ1v) is 8.08. The van der Waals surface area contributed by atoms with Crippen molar-refractivity contribution >= 4 is 17.6 Å². The van der Waals surface area contributed by atoms with Crippen LogP contribution in [0.3, 0.4) is 0 Å². The van der Waals surface area contributed by atoms with Crippen molar-refractivity contribution in [1.82, 2.24) is 24.7 Å². The summed E-state index contributed by atoms with van der Waals surface area (Å²) in [6.45, 7) is 3.26. The normalized spacial score (nSPS) is 14.0. The largest absolute Gasteiger partial charge is 0.377 e. The molecule has 7 nitrogen and oxygen atoms in total. The van der Waals surface area contributed by atoms with Gasteiger partial charge in [0, 0.05) is 13.1 Å². The van der Waals surface area contributed by atoms with Crippen LogP contribution >= 0.6 is 11.6 Å². The fraction of sp³-hybridized carbons (Fsp3) is 0.467. The van der Waals surface area contributed by atoms with Gasteiger partial charge in [0.15, 0.2) is 0 Å². The molecule has 2 aromatic rings. The topological polar surface area (TPSA) is 73.0 Å². The molecule has 0 unspecified atom stereocenters. The van der Waals surface area contributed by atoms with Crippen molar-refractivity contribution in [3.8, 4) is 5.69 Å². The average molecular weight is 336 g/mol. The number of carbonyl (C=O) groups excluding carboxylic acids is 1. The molecule has 0 atom stereocenters. The number of nitrogens with zero attached hydrogens (tertiary/aromatic N) is 5. The van der Waals surface area contributed by atoms with E-state index in [1.54, 1.807) is 29.2 Å². The molecule has 1 fully saturated rings. The second-order valence-corrected chi connectivity index (χ2v) is 6.12. The zero-order valence-electron chi connectivity index (χ0n) is 12.9. The van der Waals surface area contributed by atoms with E-state index in [-0.39, 0.29) is 0 Å². The van der Waals surface area contributed by atoms with Crippen LogP contribution in [0.2, 0.25) is 5.02 Å². The Bertz CT molecular complexity index is 765. The van der Waals surface area contributed by atoms with E-state index in [1.165, 1.54) is 0 Å². The number of tetrazole rings is 1. The average Bonchev–Trinajstić information content (AvgIpc) is 3.28. The van der Waals surface area contributed by atoms with E-state index >= 15 is 0 Å². The molecule has 0 aliphatic heterocycles. The first kappa shape index (κ1) is 15.7. The van der Waals surface area contributed by atoms with Crippen molar-refractivity contribution in [2.75, 3.05) is 13.1 Å². The highest BCUT2D eigenvalue weighted by Gasteiger charge is 2.28. The predicted octanol–water partition coefficient (Wildman–Crippen LogP) is 2.17. The number of para-hydroxylation sites is 1. The zero-order valence-corrected chi connectivity index (χ0v) is 13.6. The Kier molecular flexibility index (Phi) is 4.47. The molecule has 1 aromatic carbocycles. The van der Waals surface area contributed by atoms with Gasteiger partial charge >= 0.3 is 11.7 Å². The Labute approximate surface area is 138 Å². The number of rotatable bonds is 5. The molecular weight excluding hydrogens is 318 g/mol. The van der Waals surface area contributed by atoms with Crippen molar-refractivity contribution in [3.05, 3.63) is 39.8 Å². The van der Waals surface area contributed by atoms with Crippen molar-refractivity contribution in [2.24, 2.45) is 5.92 Å². The molecule has 0 spiro atoms. The molecule has 0 bridgehead atoms. The van der Waals surface area contributed by atoms with E-state index in [0.29, 0.717) is 29.7 Å². The van der Waals surface area contributed by atoms with Gasteiger partial charge in [-0.1, -0.05) is 30.7 Å². The lowest BCUT2D eigenvalue weighted by Gasteiger charge is -2.20. The molecule has 1 amide bonds. The maximum atomic E-state index is 12.6. The van der Waals surface area contributed by atoms with Gasteiger partial charge in [-0.2, -0.15) is 4.68 Å². The molecule has 1 heterocycles. The Hall–Kier alpha value is -2.15. The molecule has 0 saturated heterocycles. The fourth-order valence-electron chi connectivity index (χ4n) is 2.42. The molecular formula is C15H18ClN5O2. The Morgan fingerprint density at radius 1 is 1.35 bits per heavy atom. The summed E-state index contributed by atoms with van der Waals surface area (Å²) in [4.78, 5) is 26.7. The van der Waals surface area contributed by atoms with Gasteiger partial charge in [-0.25, -0.2) is 9.59 Å². The molecule has 1 aromatic heterocycles. The van der Waals surface area contributed by atoms with Crippen LogP contribution in [0.25, 0.3) is 5.69 Å². The lowest BCUT2D eigenvalue weighted by molar-refractivity contribution is 0.192. The van der Waals surface area contributed by atoms with E-state index < -0.39 is 11.7 Å². The van der Waals surface area contributed by atoms with E-state index in [4.69, 9.17) is 11.6 Å². The quantitative estimate of drug-likeness (QED) is 0.785. The summed E-state index contributed by atoms with van der Waals surface area (Å²) in [6.07, 6.45) is 3.09. The fourth-order valence-corrected chi connectivity index (χ4v) is 2.64.